The maximum Gasteiger partial charge on any atom is 0.325 e. The average Bonchev–Trinajstić information content (AvgIpc) is 2.44. The van der Waals surface area contributed by atoms with Crippen LogP contribution < -0.4 is 5.32 Å². The number of nitrogens with one attached hydrogen (secondary N) is 1. The number of esters is 1. The van der Waals surface area contributed by atoms with Crippen molar-refractivity contribution in [2.75, 3.05) is 46.5 Å². The van der Waals surface area contributed by atoms with Crippen LogP contribution in [0.4, 0.5) is 0 Å². The van der Waals surface area contributed by atoms with Gasteiger partial charge < -0.3 is 19.7 Å². The first kappa shape index (κ1) is 16.9. The molecule has 1 fully saturated rings. The van der Waals surface area contributed by atoms with Gasteiger partial charge in [-0.1, -0.05) is 0 Å². The first-order chi connectivity index (χ1) is 9.67. The van der Waals surface area contributed by atoms with Gasteiger partial charge in [-0.15, -0.1) is 0 Å². The van der Waals surface area contributed by atoms with Crippen molar-refractivity contribution < 1.29 is 19.1 Å². The summed E-state index contributed by atoms with van der Waals surface area (Å²) in [5, 5.41) is 3.30. The Morgan fingerprint density at radius 3 is 2.80 bits per heavy atom. The van der Waals surface area contributed by atoms with E-state index in [1.807, 2.05) is 0 Å². The number of hydrogen-bond donors (Lipinski definition) is 1. The van der Waals surface area contributed by atoms with Gasteiger partial charge in [0.25, 0.3) is 0 Å². The van der Waals surface area contributed by atoms with Gasteiger partial charge in [-0.05, 0) is 38.8 Å². The first-order valence-electron chi connectivity index (χ1n) is 7.30. The highest BCUT2D eigenvalue weighted by Crippen LogP contribution is 2.15. The standard InChI is InChI=1S/C14H26N2O4/c1-3-20-14(18)11-16(7-8-19-2)13(17)9-12-5-4-6-15-10-12/h12,15H,3-11H2,1-2H3. The Hall–Kier alpha value is -1.14. The topological polar surface area (TPSA) is 67.9 Å². The van der Waals surface area contributed by atoms with E-state index in [4.69, 9.17) is 9.47 Å². The fourth-order valence-corrected chi connectivity index (χ4v) is 2.33. The second-order valence-electron chi connectivity index (χ2n) is 5.03. The Morgan fingerprint density at radius 2 is 2.20 bits per heavy atom. The molecule has 0 spiro atoms. The zero-order chi connectivity index (χ0) is 14.8. The number of rotatable bonds is 8. The van der Waals surface area contributed by atoms with Crippen LogP contribution in [0.15, 0.2) is 0 Å². The van der Waals surface area contributed by atoms with Crippen LogP contribution in [0.1, 0.15) is 26.2 Å². The zero-order valence-corrected chi connectivity index (χ0v) is 12.5. The molecule has 20 heavy (non-hydrogen) atoms. The van der Waals surface area contributed by atoms with Gasteiger partial charge in [-0.25, -0.2) is 0 Å². The molecular weight excluding hydrogens is 260 g/mol. The molecule has 1 unspecified atom stereocenters. The predicted octanol–water partition coefficient (Wildman–Crippen LogP) is 0.414. The molecule has 1 N–H and O–H groups in total. The largest absolute Gasteiger partial charge is 0.465 e. The minimum absolute atomic E-state index is 0.00352. The summed E-state index contributed by atoms with van der Waals surface area (Å²) in [7, 11) is 1.58. The Balaban J connectivity index is 2.46. The maximum absolute atomic E-state index is 12.3. The molecular formula is C14H26N2O4. The molecule has 116 valence electrons. The van der Waals surface area contributed by atoms with Crippen molar-refractivity contribution in [2.24, 2.45) is 5.92 Å². The number of methoxy groups -OCH3 is 1. The van der Waals surface area contributed by atoms with E-state index in [0.717, 1.165) is 25.9 Å². The maximum atomic E-state index is 12.3. The van der Waals surface area contributed by atoms with E-state index in [0.29, 0.717) is 32.1 Å². The van der Waals surface area contributed by atoms with Crippen LogP contribution in [0, 0.1) is 5.92 Å². The van der Waals surface area contributed by atoms with Crippen molar-refractivity contribution >= 4 is 11.9 Å². The molecule has 6 nitrogen and oxygen atoms in total. The average molecular weight is 286 g/mol. The van der Waals surface area contributed by atoms with E-state index in [1.54, 1.807) is 14.0 Å². The second-order valence-corrected chi connectivity index (χ2v) is 5.03. The van der Waals surface area contributed by atoms with Gasteiger partial charge in [0.1, 0.15) is 6.54 Å². The molecule has 1 atom stereocenters. The SMILES string of the molecule is CCOC(=O)CN(CCOC)C(=O)CC1CCCNC1. The molecule has 1 amide bonds. The van der Waals surface area contributed by atoms with Crippen LogP contribution in [-0.2, 0) is 19.1 Å². The molecule has 1 aliphatic rings. The van der Waals surface area contributed by atoms with Gasteiger partial charge in [0.05, 0.1) is 13.2 Å². The Labute approximate surface area is 120 Å². The molecule has 1 rings (SSSR count). The normalized spacial score (nSPS) is 18.6. The quantitative estimate of drug-likeness (QED) is 0.655. The molecule has 0 radical (unpaired) electrons. The third-order valence-electron chi connectivity index (χ3n) is 3.41. The molecule has 0 aromatic rings. The van der Waals surface area contributed by atoms with Crippen molar-refractivity contribution in [3.63, 3.8) is 0 Å². The minimum atomic E-state index is -0.362. The highest BCUT2D eigenvalue weighted by molar-refractivity contribution is 5.82. The summed E-state index contributed by atoms with van der Waals surface area (Å²) in [6, 6.07) is 0. The fraction of sp³-hybridized carbons (Fsp3) is 0.857. The minimum Gasteiger partial charge on any atom is -0.465 e. The summed E-state index contributed by atoms with van der Waals surface area (Å²) in [6.45, 7) is 4.85. The summed E-state index contributed by atoms with van der Waals surface area (Å²) in [5.41, 5.74) is 0. The smallest absolute Gasteiger partial charge is 0.325 e. The van der Waals surface area contributed by atoms with Crippen LogP contribution in [-0.4, -0.2) is 63.3 Å². The fourth-order valence-electron chi connectivity index (χ4n) is 2.33. The lowest BCUT2D eigenvalue weighted by molar-refractivity contribution is -0.149. The lowest BCUT2D eigenvalue weighted by Gasteiger charge is -2.26. The molecule has 6 heteroatoms. The van der Waals surface area contributed by atoms with Crippen molar-refractivity contribution in [2.45, 2.75) is 26.2 Å². The van der Waals surface area contributed by atoms with Crippen LogP contribution >= 0.6 is 0 Å². The van der Waals surface area contributed by atoms with E-state index < -0.39 is 0 Å². The molecule has 0 saturated carbocycles. The second kappa shape index (κ2) is 9.72. The first-order valence-corrected chi connectivity index (χ1v) is 7.30. The molecule has 0 aliphatic carbocycles. The molecule has 0 aromatic carbocycles. The Morgan fingerprint density at radius 1 is 1.40 bits per heavy atom. The van der Waals surface area contributed by atoms with Gasteiger partial charge in [-0.3, -0.25) is 9.59 Å². The summed E-state index contributed by atoms with van der Waals surface area (Å²) in [6.07, 6.45) is 2.65. The number of carbonyl (C=O) groups is 2. The number of hydrogen-bond acceptors (Lipinski definition) is 5. The summed E-state index contributed by atoms with van der Waals surface area (Å²) < 4.78 is 9.90. The zero-order valence-electron chi connectivity index (χ0n) is 12.5. The van der Waals surface area contributed by atoms with Gasteiger partial charge in [0, 0.05) is 20.1 Å². The van der Waals surface area contributed by atoms with Gasteiger partial charge in [-0.2, -0.15) is 0 Å². The summed E-state index contributed by atoms with van der Waals surface area (Å²) >= 11 is 0. The summed E-state index contributed by atoms with van der Waals surface area (Å²) in [5.74, 6) is 0.00557. The van der Waals surface area contributed by atoms with E-state index in [-0.39, 0.29) is 18.4 Å². The molecule has 1 saturated heterocycles. The number of nitrogens with zero attached hydrogens (tertiary/aromatic N) is 1. The lowest BCUT2D eigenvalue weighted by Crippen LogP contribution is -2.41. The van der Waals surface area contributed by atoms with Crippen molar-refractivity contribution in [1.29, 1.82) is 0 Å². The van der Waals surface area contributed by atoms with Crippen molar-refractivity contribution in [1.82, 2.24) is 10.2 Å². The molecule has 0 bridgehead atoms. The highest BCUT2D eigenvalue weighted by Gasteiger charge is 2.22. The van der Waals surface area contributed by atoms with Gasteiger partial charge in [0.2, 0.25) is 5.91 Å². The monoisotopic (exact) mass is 286 g/mol. The third-order valence-corrected chi connectivity index (χ3v) is 3.41. The molecule has 1 aliphatic heterocycles. The van der Waals surface area contributed by atoms with E-state index in [9.17, 15) is 9.59 Å². The summed E-state index contributed by atoms with van der Waals surface area (Å²) in [4.78, 5) is 25.4. The number of piperidine rings is 1. The highest BCUT2D eigenvalue weighted by atomic mass is 16.5. The Kier molecular flexibility index (Phi) is 8.22. The van der Waals surface area contributed by atoms with Crippen molar-refractivity contribution in [3.05, 3.63) is 0 Å². The van der Waals surface area contributed by atoms with Crippen LogP contribution in [0.5, 0.6) is 0 Å². The number of ether oxygens (including phenoxy) is 2. The van der Waals surface area contributed by atoms with Gasteiger partial charge in [0.15, 0.2) is 0 Å². The van der Waals surface area contributed by atoms with Crippen LogP contribution in [0.25, 0.3) is 0 Å². The van der Waals surface area contributed by atoms with E-state index >= 15 is 0 Å². The van der Waals surface area contributed by atoms with Crippen molar-refractivity contribution in [3.8, 4) is 0 Å². The Bertz CT molecular complexity index is 304. The lowest BCUT2D eigenvalue weighted by atomic mass is 9.95. The molecule has 0 aromatic heterocycles. The predicted molar refractivity (Wildman–Crippen MR) is 75.3 cm³/mol. The van der Waals surface area contributed by atoms with Gasteiger partial charge >= 0.3 is 5.97 Å². The third kappa shape index (κ3) is 6.34. The van der Waals surface area contributed by atoms with Crippen LogP contribution in [0.3, 0.4) is 0 Å². The molecule has 1 heterocycles. The number of carbonyl (C=O) groups excluding carboxylic acids is 2. The van der Waals surface area contributed by atoms with E-state index in [1.165, 1.54) is 4.90 Å². The van der Waals surface area contributed by atoms with Crippen LogP contribution in [0.2, 0.25) is 0 Å². The number of amides is 1. The van der Waals surface area contributed by atoms with E-state index in [2.05, 4.69) is 5.32 Å².